The molecule has 0 aliphatic carbocycles. The predicted molar refractivity (Wildman–Crippen MR) is 109 cm³/mol. The van der Waals surface area contributed by atoms with Gasteiger partial charge in [0.25, 0.3) is 0 Å². The summed E-state index contributed by atoms with van der Waals surface area (Å²) in [7, 11) is 5.10. The molecule has 0 bridgehead atoms. The Morgan fingerprint density at radius 2 is 1.83 bits per heavy atom. The number of halogens is 1. The van der Waals surface area contributed by atoms with Crippen molar-refractivity contribution in [3.8, 4) is 0 Å². The molecule has 7 heteroatoms. The van der Waals surface area contributed by atoms with Crippen LogP contribution in [0.2, 0.25) is 0 Å². The molecule has 1 rings (SSSR count). The first kappa shape index (κ1) is 22.6. The minimum Gasteiger partial charge on any atom is -0.383 e. The largest absolute Gasteiger partial charge is 0.383 e. The molecule has 2 N–H and O–H groups in total. The van der Waals surface area contributed by atoms with Crippen LogP contribution in [0.4, 0.5) is 0 Å². The predicted octanol–water partition coefficient (Wildman–Crippen LogP) is 1.51. The van der Waals surface area contributed by atoms with Crippen molar-refractivity contribution >= 4 is 35.8 Å². The number of ether oxygens (including phenoxy) is 1. The van der Waals surface area contributed by atoms with Crippen molar-refractivity contribution in [2.75, 3.05) is 47.4 Å². The first-order chi connectivity index (χ1) is 11.1. The molecule has 0 spiro atoms. The van der Waals surface area contributed by atoms with E-state index in [4.69, 9.17) is 4.74 Å². The highest BCUT2D eigenvalue weighted by molar-refractivity contribution is 14.0. The number of nitrogens with one attached hydrogen (secondary N) is 2. The average molecular weight is 448 g/mol. The van der Waals surface area contributed by atoms with Crippen LogP contribution in [-0.4, -0.2) is 64.2 Å². The van der Waals surface area contributed by atoms with Crippen LogP contribution in [0.15, 0.2) is 35.3 Å². The lowest BCUT2D eigenvalue weighted by atomic mass is 10.1. The molecule has 0 aliphatic heterocycles. The number of methoxy groups -OCH3 is 1. The summed E-state index contributed by atoms with van der Waals surface area (Å²) >= 11 is 0. The van der Waals surface area contributed by atoms with Crippen LogP contribution in [0.5, 0.6) is 0 Å². The fourth-order valence-corrected chi connectivity index (χ4v) is 1.88. The summed E-state index contributed by atoms with van der Waals surface area (Å²) in [5.74, 6) is 0.618. The SMILES string of the molecule is COCCNC(=NCC(=O)N(C)C)NCCCc1ccccc1.I. The fourth-order valence-electron chi connectivity index (χ4n) is 1.88. The molecule has 0 saturated carbocycles. The topological polar surface area (TPSA) is 66.0 Å². The number of aliphatic imine (C=N–C) groups is 1. The smallest absolute Gasteiger partial charge is 0.243 e. The Balaban J connectivity index is 0.00000529. The molecule has 0 atom stereocenters. The van der Waals surface area contributed by atoms with Gasteiger partial charge in [-0.05, 0) is 18.4 Å². The highest BCUT2D eigenvalue weighted by Gasteiger charge is 2.04. The van der Waals surface area contributed by atoms with Crippen LogP contribution in [0, 0.1) is 0 Å². The summed E-state index contributed by atoms with van der Waals surface area (Å²) in [5, 5.41) is 6.41. The second-order valence-electron chi connectivity index (χ2n) is 5.39. The highest BCUT2D eigenvalue weighted by atomic mass is 127. The molecule has 0 aliphatic rings. The number of nitrogens with zero attached hydrogens (tertiary/aromatic N) is 2. The van der Waals surface area contributed by atoms with E-state index in [1.165, 1.54) is 10.5 Å². The third kappa shape index (κ3) is 10.4. The molecular formula is C17H29IN4O2. The van der Waals surface area contributed by atoms with Crippen molar-refractivity contribution in [1.29, 1.82) is 0 Å². The molecule has 24 heavy (non-hydrogen) atoms. The quantitative estimate of drug-likeness (QED) is 0.260. The normalized spacial score (nSPS) is 10.7. The van der Waals surface area contributed by atoms with E-state index < -0.39 is 0 Å². The summed E-state index contributed by atoms with van der Waals surface area (Å²) in [5.41, 5.74) is 1.32. The lowest BCUT2D eigenvalue weighted by Crippen LogP contribution is -2.40. The molecule has 0 radical (unpaired) electrons. The minimum absolute atomic E-state index is 0. The maximum atomic E-state index is 11.6. The summed E-state index contributed by atoms with van der Waals surface area (Å²) < 4.78 is 5.02. The van der Waals surface area contributed by atoms with Crippen LogP contribution >= 0.6 is 24.0 Å². The van der Waals surface area contributed by atoms with Gasteiger partial charge in [0.2, 0.25) is 5.91 Å². The van der Waals surface area contributed by atoms with Gasteiger partial charge in [0.05, 0.1) is 6.61 Å². The lowest BCUT2D eigenvalue weighted by molar-refractivity contribution is -0.127. The third-order valence-corrected chi connectivity index (χ3v) is 3.25. The Morgan fingerprint density at radius 1 is 1.17 bits per heavy atom. The van der Waals surface area contributed by atoms with Crippen LogP contribution in [0.25, 0.3) is 0 Å². The first-order valence-electron chi connectivity index (χ1n) is 7.88. The number of rotatable bonds is 9. The van der Waals surface area contributed by atoms with Gasteiger partial charge in [-0.2, -0.15) is 0 Å². The zero-order valence-corrected chi connectivity index (χ0v) is 17.1. The van der Waals surface area contributed by atoms with E-state index in [-0.39, 0.29) is 36.4 Å². The number of amides is 1. The maximum Gasteiger partial charge on any atom is 0.243 e. The first-order valence-corrected chi connectivity index (χ1v) is 7.88. The number of hydrogen-bond acceptors (Lipinski definition) is 3. The van der Waals surface area contributed by atoms with Crippen LogP contribution in [0.3, 0.4) is 0 Å². The Hall–Kier alpha value is -1.35. The van der Waals surface area contributed by atoms with Crippen LogP contribution in [0.1, 0.15) is 12.0 Å². The van der Waals surface area contributed by atoms with Crippen LogP contribution in [-0.2, 0) is 16.0 Å². The van der Waals surface area contributed by atoms with E-state index in [9.17, 15) is 4.79 Å². The number of hydrogen-bond donors (Lipinski definition) is 2. The number of guanidine groups is 1. The van der Waals surface area contributed by atoms with E-state index in [0.717, 1.165) is 19.4 Å². The zero-order valence-electron chi connectivity index (χ0n) is 14.7. The number of carbonyl (C=O) groups excluding carboxylic acids is 1. The van der Waals surface area contributed by atoms with Crippen molar-refractivity contribution < 1.29 is 9.53 Å². The van der Waals surface area contributed by atoms with Crippen molar-refractivity contribution in [2.45, 2.75) is 12.8 Å². The molecular weight excluding hydrogens is 419 g/mol. The fraction of sp³-hybridized carbons (Fsp3) is 0.529. The second-order valence-corrected chi connectivity index (χ2v) is 5.39. The molecule has 6 nitrogen and oxygen atoms in total. The number of benzene rings is 1. The second kappa shape index (κ2) is 14.0. The van der Waals surface area contributed by atoms with Crippen molar-refractivity contribution in [1.82, 2.24) is 15.5 Å². The highest BCUT2D eigenvalue weighted by Crippen LogP contribution is 2.01. The maximum absolute atomic E-state index is 11.6. The van der Waals surface area contributed by atoms with Crippen molar-refractivity contribution in [3.63, 3.8) is 0 Å². The molecule has 0 unspecified atom stereocenters. The van der Waals surface area contributed by atoms with Gasteiger partial charge in [-0.3, -0.25) is 4.79 Å². The lowest BCUT2D eigenvalue weighted by Gasteiger charge is -2.13. The summed E-state index contributed by atoms with van der Waals surface area (Å²) in [6, 6.07) is 10.4. The molecule has 1 aromatic rings. The molecule has 0 saturated heterocycles. The van der Waals surface area contributed by atoms with E-state index in [2.05, 4.69) is 39.9 Å². The van der Waals surface area contributed by atoms with E-state index in [1.54, 1.807) is 21.2 Å². The van der Waals surface area contributed by atoms with Gasteiger partial charge in [0.15, 0.2) is 5.96 Å². The Kier molecular flexibility index (Phi) is 13.2. The average Bonchev–Trinajstić information content (AvgIpc) is 2.56. The van der Waals surface area contributed by atoms with Crippen molar-refractivity contribution in [3.05, 3.63) is 35.9 Å². The minimum atomic E-state index is -0.0258. The number of carbonyl (C=O) groups is 1. The molecule has 0 fully saturated rings. The van der Waals surface area contributed by atoms with Gasteiger partial charge in [0.1, 0.15) is 6.54 Å². The Labute approximate surface area is 162 Å². The van der Waals surface area contributed by atoms with E-state index in [0.29, 0.717) is 19.1 Å². The summed E-state index contributed by atoms with van der Waals surface area (Å²) in [6.07, 6.45) is 2.01. The summed E-state index contributed by atoms with van der Waals surface area (Å²) in [6.45, 7) is 2.17. The van der Waals surface area contributed by atoms with Crippen molar-refractivity contribution in [2.24, 2.45) is 4.99 Å². The molecule has 1 aromatic carbocycles. The third-order valence-electron chi connectivity index (χ3n) is 3.25. The van der Waals surface area contributed by atoms with Gasteiger partial charge in [-0.25, -0.2) is 4.99 Å². The molecule has 1 amide bonds. The molecule has 0 heterocycles. The van der Waals surface area contributed by atoms with Crippen LogP contribution < -0.4 is 10.6 Å². The number of aryl methyl sites for hydroxylation is 1. The van der Waals surface area contributed by atoms with E-state index in [1.807, 2.05) is 6.07 Å². The number of likely N-dealkylation sites (N-methyl/N-ethyl adjacent to an activating group) is 1. The molecule has 136 valence electrons. The Bertz CT molecular complexity index is 481. The van der Waals surface area contributed by atoms with Gasteiger partial charge in [0, 0.05) is 34.3 Å². The van der Waals surface area contributed by atoms with Gasteiger partial charge in [-0.15, -0.1) is 24.0 Å². The van der Waals surface area contributed by atoms with Gasteiger partial charge >= 0.3 is 0 Å². The standard InChI is InChI=1S/C17H28N4O2.HI/c1-21(2)16(22)14-20-17(19-12-13-23-3)18-11-7-10-15-8-5-4-6-9-15;/h4-6,8-9H,7,10-14H2,1-3H3,(H2,18,19,20);1H. The van der Waals surface area contributed by atoms with Gasteiger partial charge in [-0.1, -0.05) is 30.3 Å². The monoisotopic (exact) mass is 448 g/mol. The molecule has 0 aromatic heterocycles. The zero-order chi connectivity index (χ0) is 16.9. The van der Waals surface area contributed by atoms with E-state index >= 15 is 0 Å². The summed E-state index contributed by atoms with van der Waals surface area (Å²) in [4.78, 5) is 17.5. The van der Waals surface area contributed by atoms with Gasteiger partial charge < -0.3 is 20.3 Å². The Morgan fingerprint density at radius 3 is 2.46 bits per heavy atom.